The molecule has 0 aromatic carbocycles. The summed E-state index contributed by atoms with van der Waals surface area (Å²) in [5.41, 5.74) is 0.752. The monoisotopic (exact) mass is 225 g/mol. The van der Waals surface area contributed by atoms with Gasteiger partial charge < -0.3 is 15.2 Å². The fraction of sp³-hybridized carbons (Fsp3) is 0.636. The molecule has 16 heavy (non-hydrogen) atoms. The molecule has 1 aromatic heterocycles. The van der Waals surface area contributed by atoms with Crippen molar-refractivity contribution in [2.24, 2.45) is 0 Å². The SMILES string of the molecule is Cc1cc(CNC(=O)CCNC(C)C)no1. The van der Waals surface area contributed by atoms with Crippen LogP contribution in [0.2, 0.25) is 0 Å². The summed E-state index contributed by atoms with van der Waals surface area (Å²) in [7, 11) is 0. The molecule has 0 spiro atoms. The molecule has 90 valence electrons. The van der Waals surface area contributed by atoms with Crippen LogP contribution in [0.5, 0.6) is 0 Å². The van der Waals surface area contributed by atoms with Gasteiger partial charge in [-0.3, -0.25) is 4.79 Å². The molecule has 0 bridgehead atoms. The Bertz CT molecular complexity index is 334. The smallest absolute Gasteiger partial charge is 0.221 e. The van der Waals surface area contributed by atoms with Gasteiger partial charge in [-0.1, -0.05) is 19.0 Å². The lowest BCUT2D eigenvalue weighted by Gasteiger charge is -2.07. The van der Waals surface area contributed by atoms with E-state index in [2.05, 4.69) is 29.6 Å². The van der Waals surface area contributed by atoms with Crippen LogP contribution in [0.1, 0.15) is 31.7 Å². The van der Waals surface area contributed by atoms with Gasteiger partial charge in [-0.15, -0.1) is 0 Å². The number of hydrogen-bond donors (Lipinski definition) is 2. The summed E-state index contributed by atoms with van der Waals surface area (Å²) in [4.78, 5) is 11.4. The van der Waals surface area contributed by atoms with Gasteiger partial charge in [0.15, 0.2) is 0 Å². The van der Waals surface area contributed by atoms with Crippen molar-refractivity contribution < 1.29 is 9.32 Å². The van der Waals surface area contributed by atoms with Crippen molar-refractivity contribution in [3.8, 4) is 0 Å². The van der Waals surface area contributed by atoms with Crippen molar-refractivity contribution in [2.75, 3.05) is 6.54 Å². The van der Waals surface area contributed by atoms with Gasteiger partial charge in [0.2, 0.25) is 5.91 Å². The number of aromatic nitrogens is 1. The van der Waals surface area contributed by atoms with Gasteiger partial charge >= 0.3 is 0 Å². The quantitative estimate of drug-likeness (QED) is 0.757. The van der Waals surface area contributed by atoms with Crippen molar-refractivity contribution >= 4 is 5.91 Å². The van der Waals surface area contributed by atoms with E-state index in [1.54, 1.807) is 0 Å². The molecular weight excluding hydrogens is 206 g/mol. The summed E-state index contributed by atoms with van der Waals surface area (Å²) in [5, 5.41) is 9.76. The number of nitrogens with one attached hydrogen (secondary N) is 2. The van der Waals surface area contributed by atoms with Crippen LogP contribution in [0.15, 0.2) is 10.6 Å². The highest BCUT2D eigenvalue weighted by Gasteiger charge is 2.04. The highest BCUT2D eigenvalue weighted by Crippen LogP contribution is 2.00. The van der Waals surface area contributed by atoms with Crippen LogP contribution >= 0.6 is 0 Å². The first-order valence-corrected chi connectivity index (χ1v) is 5.50. The van der Waals surface area contributed by atoms with E-state index in [1.807, 2.05) is 13.0 Å². The molecule has 1 amide bonds. The predicted molar refractivity (Wildman–Crippen MR) is 60.8 cm³/mol. The van der Waals surface area contributed by atoms with Gasteiger partial charge in [-0.25, -0.2) is 0 Å². The van der Waals surface area contributed by atoms with Crippen molar-refractivity contribution in [1.82, 2.24) is 15.8 Å². The number of amides is 1. The molecule has 1 rings (SSSR count). The second-order valence-electron chi connectivity index (χ2n) is 4.06. The maximum absolute atomic E-state index is 11.4. The van der Waals surface area contributed by atoms with Crippen LogP contribution in [0.25, 0.3) is 0 Å². The first kappa shape index (κ1) is 12.7. The summed E-state index contributed by atoms with van der Waals surface area (Å²) in [5.74, 6) is 0.777. The lowest BCUT2D eigenvalue weighted by molar-refractivity contribution is -0.121. The van der Waals surface area contributed by atoms with Crippen LogP contribution in [0.3, 0.4) is 0 Å². The Balaban J connectivity index is 2.15. The van der Waals surface area contributed by atoms with Crippen molar-refractivity contribution in [3.05, 3.63) is 17.5 Å². The van der Waals surface area contributed by atoms with Crippen LogP contribution in [0, 0.1) is 6.92 Å². The van der Waals surface area contributed by atoms with Crippen molar-refractivity contribution in [2.45, 2.75) is 39.8 Å². The fourth-order valence-electron chi connectivity index (χ4n) is 1.25. The van der Waals surface area contributed by atoms with E-state index < -0.39 is 0 Å². The molecule has 1 aromatic rings. The van der Waals surface area contributed by atoms with Gasteiger partial charge in [-0.05, 0) is 6.92 Å². The van der Waals surface area contributed by atoms with Gasteiger partial charge in [-0.2, -0.15) is 0 Å². The van der Waals surface area contributed by atoms with E-state index in [1.165, 1.54) is 0 Å². The Hall–Kier alpha value is -1.36. The summed E-state index contributed by atoms with van der Waals surface area (Å²) in [6.45, 7) is 7.05. The van der Waals surface area contributed by atoms with Gasteiger partial charge in [0, 0.05) is 25.1 Å². The fourth-order valence-corrected chi connectivity index (χ4v) is 1.25. The van der Waals surface area contributed by atoms with E-state index in [9.17, 15) is 4.79 Å². The lowest BCUT2D eigenvalue weighted by Crippen LogP contribution is -2.30. The predicted octanol–water partition coefficient (Wildman–Crippen LogP) is 0.987. The highest BCUT2D eigenvalue weighted by atomic mass is 16.5. The van der Waals surface area contributed by atoms with Gasteiger partial charge in [0.05, 0.1) is 6.54 Å². The number of aryl methyl sites for hydroxylation is 1. The van der Waals surface area contributed by atoms with E-state index in [0.29, 0.717) is 25.6 Å². The zero-order valence-electron chi connectivity index (χ0n) is 10.0. The van der Waals surface area contributed by atoms with Gasteiger partial charge in [0.25, 0.3) is 0 Å². The number of hydrogen-bond acceptors (Lipinski definition) is 4. The third-order valence-corrected chi connectivity index (χ3v) is 2.05. The van der Waals surface area contributed by atoms with E-state index in [0.717, 1.165) is 11.5 Å². The summed E-state index contributed by atoms with van der Waals surface area (Å²) in [6.07, 6.45) is 0.481. The minimum absolute atomic E-state index is 0.0220. The lowest BCUT2D eigenvalue weighted by atomic mass is 10.3. The Morgan fingerprint density at radius 2 is 2.31 bits per heavy atom. The molecule has 0 atom stereocenters. The third kappa shape index (κ3) is 4.93. The zero-order valence-corrected chi connectivity index (χ0v) is 10.0. The molecule has 5 nitrogen and oxygen atoms in total. The van der Waals surface area contributed by atoms with Crippen LogP contribution in [-0.2, 0) is 11.3 Å². The molecule has 0 fully saturated rings. The van der Waals surface area contributed by atoms with Crippen LogP contribution in [0.4, 0.5) is 0 Å². The molecule has 1 heterocycles. The average molecular weight is 225 g/mol. The Labute approximate surface area is 95.6 Å². The standard InChI is InChI=1S/C11H19N3O2/c1-8(2)12-5-4-11(15)13-7-10-6-9(3)16-14-10/h6,8,12H,4-5,7H2,1-3H3,(H,13,15). The number of carbonyl (C=O) groups is 1. The molecule has 0 saturated heterocycles. The number of carbonyl (C=O) groups excluding carboxylic acids is 1. The second kappa shape index (κ2) is 6.27. The molecule has 0 saturated carbocycles. The second-order valence-corrected chi connectivity index (χ2v) is 4.06. The Morgan fingerprint density at radius 1 is 1.56 bits per heavy atom. The summed E-state index contributed by atoms with van der Waals surface area (Å²) < 4.78 is 4.90. The molecule has 0 aliphatic carbocycles. The molecule has 5 heteroatoms. The number of nitrogens with zero attached hydrogens (tertiary/aromatic N) is 1. The van der Waals surface area contributed by atoms with Crippen molar-refractivity contribution in [1.29, 1.82) is 0 Å². The largest absolute Gasteiger partial charge is 0.361 e. The van der Waals surface area contributed by atoms with Crippen LogP contribution in [-0.4, -0.2) is 23.7 Å². The molecule has 2 N–H and O–H groups in total. The molecular formula is C11H19N3O2. The first-order chi connectivity index (χ1) is 7.58. The topological polar surface area (TPSA) is 67.2 Å². The first-order valence-electron chi connectivity index (χ1n) is 5.50. The van der Waals surface area contributed by atoms with E-state index >= 15 is 0 Å². The highest BCUT2D eigenvalue weighted by molar-refractivity contribution is 5.75. The van der Waals surface area contributed by atoms with Crippen LogP contribution < -0.4 is 10.6 Å². The van der Waals surface area contributed by atoms with E-state index in [-0.39, 0.29) is 5.91 Å². The summed E-state index contributed by atoms with van der Waals surface area (Å²) >= 11 is 0. The summed E-state index contributed by atoms with van der Waals surface area (Å²) in [6, 6.07) is 2.22. The van der Waals surface area contributed by atoms with Gasteiger partial charge in [0.1, 0.15) is 11.5 Å². The molecule has 0 aliphatic rings. The Kier molecular flexibility index (Phi) is 4.98. The molecule has 0 unspecified atom stereocenters. The zero-order chi connectivity index (χ0) is 12.0. The Morgan fingerprint density at radius 3 is 2.88 bits per heavy atom. The third-order valence-electron chi connectivity index (χ3n) is 2.05. The average Bonchev–Trinajstić information content (AvgIpc) is 2.61. The molecule has 0 aliphatic heterocycles. The van der Waals surface area contributed by atoms with E-state index in [4.69, 9.17) is 4.52 Å². The minimum atomic E-state index is 0.0220. The maximum atomic E-state index is 11.4. The normalized spacial score (nSPS) is 10.8. The minimum Gasteiger partial charge on any atom is -0.361 e. The maximum Gasteiger partial charge on any atom is 0.221 e. The molecule has 0 radical (unpaired) electrons. The van der Waals surface area contributed by atoms with Crippen molar-refractivity contribution in [3.63, 3.8) is 0 Å². The number of rotatable bonds is 6.